The van der Waals surface area contributed by atoms with Crippen molar-refractivity contribution in [2.24, 2.45) is 0 Å². The molecule has 0 aromatic heterocycles. The summed E-state index contributed by atoms with van der Waals surface area (Å²) < 4.78 is 7.02. The van der Waals surface area contributed by atoms with Gasteiger partial charge in [-0.3, -0.25) is 0 Å². The van der Waals surface area contributed by atoms with Gasteiger partial charge in [0.15, 0.2) is 0 Å². The second-order valence-corrected chi connectivity index (χ2v) is 5.34. The number of hydrogen-bond donors (Lipinski definition) is 0. The van der Waals surface area contributed by atoms with Gasteiger partial charge in [0, 0.05) is 10.0 Å². The Kier molecular flexibility index (Phi) is 3.84. The molecule has 0 aliphatic heterocycles. The van der Waals surface area contributed by atoms with Gasteiger partial charge in [0.2, 0.25) is 0 Å². The Bertz CT molecular complexity index is 693. The van der Waals surface area contributed by atoms with Gasteiger partial charge in [0.05, 0.1) is 0 Å². The summed E-state index contributed by atoms with van der Waals surface area (Å²) in [6.45, 7) is 0. The first kappa shape index (κ1) is 12.9. The van der Waals surface area contributed by atoms with E-state index in [1.807, 2.05) is 60.7 Å². The van der Waals surface area contributed by atoms with E-state index in [1.54, 1.807) is 0 Å². The van der Waals surface area contributed by atoms with Crippen LogP contribution in [0, 0.1) is 0 Å². The van der Waals surface area contributed by atoms with Crippen molar-refractivity contribution in [3.8, 4) is 22.6 Å². The average molecular weight is 325 g/mol. The van der Waals surface area contributed by atoms with Crippen LogP contribution >= 0.6 is 15.9 Å². The highest BCUT2D eigenvalue weighted by Gasteiger charge is 2.08. The first-order chi connectivity index (χ1) is 9.83. The predicted molar refractivity (Wildman–Crippen MR) is 86.1 cm³/mol. The summed E-state index contributed by atoms with van der Waals surface area (Å²) in [5.74, 6) is 1.68. The Morgan fingerprint density at radius 3 is 2.05 bits per heavy atom. The van der Waals surface area contributed by atoms with Crippen LogP contribution in [0.3, 0.4) is 0 Å². The maximum Gasteiger partial charge on any atom is 0.136 e. The van der Waals surface area contributed by atoms with Crippen LogP contribution in [0.1, 0.15) is 0 Å². The molecule has 3 rings (SSSR count). The second-order valence-electron chi connectivity index (χ2n) is 4.42. The van der Waals surface area contributed by atoms with Crippen LogP contribution < -0.4 is 4.74 Å². The molecule has 0 saturated heterocycles. The number of halogens is 1. The maximum absolute atomic E-state index is 6.01. The zero-order chi connectivity index (χ0) is 13.8. The number of rotatable bonds is 3. The molecule has 20 heavy (non-hydrogen) atoms. The summed E-state index contributed by atoms with van der Waals surface area (Å²) in [6, 6.07) is 26.2. The molecule has 0 fully saturated rings. The molecule has 0 aliphatic carbocycles. The molecular formula is C18H13BrO. The van der Waals surface area contributed by atoms with Crippen molar-refractivity contribution in [1.82, 2.24) is 0 Å². The van der Waals surface area contributed by atoms with Gasteiger partial charge in [-0.05, 0) is 35.9 Å². The fourth-order valence-corrected chi connectivity index (χ4v) is 2.39. The lowest BCUT2D eigenvalue weighted by Gasteiger charge is -2.12. The van der Waals surface area contributed by atoms with Gasteiger partial charge < -0.3 is 4.74 Å². The molecule has 0 unspecified atom stereocenters. The van der Waals surface area contributed by atoms with Crippen LogP contribution in [0.2, 0.25) is 0 Å². The highest BCUT2D eigenvalue weighted by Crippen LogP contribution is 2.35. The van der Waals surface area contributed by atoms with Crippen molar-refractivity contribution < 1.29 is 4.74 Å². The van der Waals surface area contributed by atoms with E-state index in [2.05, 4.69) is 34.1 Å². The minimum Gasteiger partial charge on any atom is -0.457 e. The molecule has 2 heteroatoms. The standard InChI is InChI=1S/C18H13BrO/c19-15-11-12-17(14-7-3-1-4-8-14)18(13-15)20-16-9-5-2-6-10-16/h1-13H. The van der Waals surface area contributed by atoms with E-state index in [0.717, 1.165) is 27.1 Å². The minimum atomic E-state index is 0.836. The molecular weight excluding hydrogens is 312 g/mol. The van der Waals surface area contributed by atoms with E-state index in [1.165, 1.54) is 0 Å². The lowest BCUT2D eigenvalue weighted by Crippen LogP contribution is -1.88. The Morgan fingerprint density at radius 2 is 1.35 bits per heavy atom. The first-order valence-electron chi connectivity index (χ1n) is 6.41. The molecule has 0 amide bonds. The lowest BCUT2D eigenvalue weighted by molar-refractivity contribution is 0.484. The van der Waals surface area contributed by atoms with Gasteiger partial charge >= 0.3 is 0 Å². The van der Waals surface area contributed by atoms with Crippen LogP contribution in [0.4, 0.5) is 0 Å². The Morgan fingerprint density at radius 1 is 0.700 bits per heavy atom. The number of benzene rings is 3. The zero-order valence-corrected chi connectivity index (χ0v) is 12.4. The van der Waals surface area contributed by atoms with Gasteiger partial charge in [0.25, 0.3) is 0 Å². The van der Waals surface area contributed by atoms with Crippen molar-refractivity contribution in [2.45, 2.75) is 0 Å². The quantitative estimate of drug-likeness (QED) is 0.582. The minimum absolute atomic E-state index is 0.836. The Balaban J connectivity index is 2.03. The lowest BCUT2D eigenvalue weighted by atomic mass is 10.0. The number of ether oxygens (including phenoxy) is 1. The van der Waals surface area contributed by atoms with Crippen molar-refractivity contribution in [2.75, 3.05) is 0 Å². The summed E-state index contributed by atoms with van der Waals surface area (Å²) in [5.41, 5.74) is 2.23. The molecule has 0 bridgehead atoms. The topological polar surface area (TPSA) is 9.23 Å². The van der Waals surface area contributed by atoms with Gasteiger partial charge in [0.1, 0.15) is 11.5 Å². The van der Waals surface area contributed by atoms with Crippen molar-refractivity contribution in [3.63, 3.8) is 0 Å². The number of para-hydroxylation sites is 1. The van der Waals surface area contributed by atoms with Crippen LogP contribution in [0.25, 0.3) is 11.1 Å². The van der Waals surface area contributed by atoms with Crippen LogP contribution in [0.15, 0.2) is 83.3 Å². The Labute approximate surface area is 127 Å². The molecule has 3 aromatic carbocycles. The monoisotopic (exact) mass is 324 g/mol. The second kappa shape index (κ2) is 5.93. The molecule has 0 atom stereocenters. The van der Waals surface area contributed by atoms with E-state index in [0.29, 0.717) is 0 Å². The largest absolute Gasteiger partial charge is 0.457 e. The highest BCUT2D eigenvalue weighted by molar-refractivity contribution is 9.10. The van der Waals surface area contributed by atoms with Crippen LogP contribution in [-0.2, 0) is 0 Å². The molecule has 0 spiro atoms. The van der Waals surface area contributed by atoms with Crippen LogP contribution in [0.5, 0.6) is 11.5 Å². The number of hydrogen-bond acceptors (Lipinski definition) is 1. The molecule has 0 saturated carbocycles. The summed E-state index contributed by atoms with van der Waals surface area (Å²) in [6.07, 6.45) is 0. The van der Waals surface area contributed by atoms with Gasteiger partial charge in [-0.1, -0.05) is 64.5 Å². The van der Waals surface area contributed by atoms with E-state index in [9.17, 15) is 0 Å². The molecule has 0 radical (unpaired) electrons. The summed E-state index contributed by atoms with van der Waals surface area (Å²) >= 11 is 3.50. The normalized spacial score (nSPS) is 10.2. The third kappa shape index (κ3) is 2.91. The Hall–Kier alpha value is -2.06. The third-order valence-corrected chi connectivity index (χ3v) is 3.49. The summed E-state index contributed by atoms with van der Waals surface area (Å²) in [7, 11) is 0. The smallest absolute Gasteiger partial charge is 0.136 e. The molecule has 0 aliphatic rings. The zero-order valence-electron chi connectivity index (χ0n) is 10.8. The maximum atomic E-state index is 6.01. The molecule has 3 aromatic rings. The van der Waals surface area contributed by atoms with Crippen LogP contribution in [-0.4, -0.2) is 0 Å². The fourth-order valence-electron chi connectivity index (χ4n) is 2.05. The fraction of sp³-hybridized carbons (Fsp3) is 0. The summed E-state index contributed by atoms with van der Waals surface area (Å²) in [5, 5.41) is 0. The van der Waals surface area contributed by atoms with E-state index in [4.69, 9.17) is 4.74 Å². The molecule has 98 valence electrons. The van der Waals surface area contributed by atoms with Gasteiger partial charge in [-0.15, -0.1) is 0 Å². The third-order valence-electron chi connectivity index (χ3n) is 3.00. The highest BCUT2D eigenvalue weighted by atomic mass is 79.9. The van der Waals surface area contributed by atoms with E-state index < -0.39 is 0 Å². The van der Waals surface area contributed by atoms with E-state index >= 15 is 0 Å². The predicted octanol–water partition coefficient (Wildman–Crippen LogP) is 5.91. The molecule has 0 N–H and O–H groups in total. The van der Waals surface area contributed by atoms with Crippen molar-refractivity contribution in [1.29, 1.82) is 0 Å². The molecule has 0 heterocycles. The van der Waals surface area contributed by atoms with Gasteiger partial charge in [-0.25, -0.2) is 0 Å². The SMILES string of the molecule is Brc1ccc(-c2ccccc2)c(Oc2ccccc2)c1. The summed E-state index contributed by atoms with van der Waals surface area (Å²) in [4.78, 5) is 0. The molecule has 1 nitrogen and oxygen atoms in total. The van der Waals surface area contributed by atoms with Crippen molar-refractivity contribution >= 4 is 15.9 Å². The average Bonchev–Trinajstić information content (AvgIpc) is 2.49. The van der Waals surface area contributed by atoms with E-state index in [-0.39, 0.29) is 0 Å². The first-order valence-corrected chi connectivity index (χ1v) is 7.20. The van der Waals surface area contributed by atoms with Gasteiger partial charge in [-0.2, -0.15) is 0 Å². The van der Waals surface area contributed by atoms with Crippen molar-refractivity contribution in [3.05, 3.63) is 83.3 Å².